The van der Waals surface area contributed by atoms with E-state index in [9.17, 15) is 9.18 Å². The SMILES string of the molecule is Cc1c(NC(=O)c2ccc(F)cc2)c(-n2cnnc2)nn1C. The van der Waals surface area contributed by atoms with Crippen molar-refractivity contribution in [2.75, 3.05) is 5.32 Å². The minimum absolute atomic E-state index is 0.342. The maximum Gasteiger partial charge on any atom is 0.255 e. The van der Waals surface area contributed by atoms with Crippen LogP contribution in [0.1, 0.15) is 16.1 Å². The van der Waals surface area contributed by atoms with Gasteiger partial charge in [0.25, 0.3) is 5.91 Å². The quantitative estimate of drug-likeness (QED) is 0.798. The maximum atomic E-state index is 12.9. The van der Waals surface area contributed by atoms with Crippen LogP contribution in [0.15, 0.2) is 36.9 Å². The molecule has 22 heavy (non-hydrogen) atoms. The zero-order valence-corrected chi connectivity index (χ0v) is 12.0. The molecule has 7 nitrogen and oxygen atoms in total. The predicted molar refractivity (Wildman–Crippen MR) is 77.2 cm³/mol. The van der Waals surface area contributed by atoms with Gasteiger partial charge in [0.05, 0.1) is 5.69 Å². The number of hydrogen-bond acceptors (Lipinski definition) is 4. The third-order valence-corrected chi connectivity index (χ3v) is 3.32. The average Bonchev–Trinajstić information content (AvgIpc) is 3.12. The van der Waals surface area contributed by atoms with Gasteiger partial charge >= 0.3 is 0 Å². The van der Waals surface area contributed by atoms with E-state index in [0.29, 0.717) is 17.1 Å². The fourth-order valence-corrected chi connectivity index (χ4v) is 2.01. The first-order chi connectivity index (χ1) is 10.6. The van der Waals surface area contributed by atoms with Gasteiger partial charge in [-0.05, 0) is 31.2 Å². The van der Waals surface area contributed by atoms with Crippen LogP contribution in [0.4, 0.5) is 10.1 Å². The van der Waals surface area contributed by atoms with Crippen molar-refractivity contribution in [3.63, 3.8) is 0 Å². The number of aryl methyl sites for hydroxylation is 1. The number of rotatable bonds is 3. The highest BCUT2D eigenvalue weighted by molar-refractivity contribution is 6.05. The van der Waals surface area contributed by atoms with E-state index in [1.165, 1.54) is 36.9 Å². The summed E-state index contributed by atoms with van der Waals surface area (Å²) in [5.41, 5.74) is 1.69. The average molecular weight is 300 g/mol. The molecule has 0 saturated carbocycles. The van der Waals surface area contributed by atoms with Gasteiger partial charge in [-0.2, -0.15) is 5.10 Å². The lowest BCUT2D eigenvalue weighted by molar-refractivity contribution is 0.102. The highest BCUT2D eigenvalue weighted by Crippen LogP contribution is 2.23. The largest absolute Gasteiger partial charge is 0.317 e. The molecule has 0 fully saturated rings. The molecular formula is C14H13FN6O. The highest BCUT2D eigenvalue weighted by Gasteiger charge is 2.18. The molecule has 3 aromatic rings. The molecule has 1 N–H and O–H groups in total. The van der Waals surface area contributed by atoms with Gasteiger partial charge in [-0.3, -0.25) is 14.0 Å². The number of aromatic nitrogens is 5. The smallest absolute Gasteiger partial charge is 0.255 e. The van der Waals surface area contributed by atoms with E-state index in [-0.39, 0.29) is 11.7 Å². The Morgan fingerprint density at radius 1 is 1.18 bits per heavy atom. The molecule has 8 heteroatoms. The molecule has 112 valence electrons. The molecular weight excluding hydrogens is 287 g/mol. The first kappa shape index (κ1) is 13.9. The van der Waals surface area contributed by atoms with Crippen molar-refractivity contribution in [3.8, 4) is 5.82 Å². The zero-order chi connectivity index (χ0) is 15.7. The molecule has 0 aliphatic heterocycles. The lowest BCUT2D eigenvalue weighted by atomic mass is 10.2. The number of hydrogen-bond donors (Lipinski definition) is 1. The molecule has 0 aliphatic carbocycles. The van der Waals surface area contributed by atoms with Crippen LogP contribution >= 0.6 is 0 Å². The van der Waals surface area contributed by atoms with Gasteiger partial charge in [-0.15, -0.1) is 10.2 Å². The summed E-state index contributed by atoms with van der Waals surface area (Å²) in [6.07, 6.45) is 2.99. The Morgan fingerprint density at radius 3 is 2.45 bits per heavy atom. The number of carbonyl (C=O) groups is 1. The van der Waals surface area contributed by atoms with E-state index in [1.807, 2.05) is 6.92 Å². The summed E-state index contributed by atoms with van der Waals surface area (Å²) < 4.78 is 16.2. The molecule has 0 radical (unpaired) electrons. The summed E-state index contributed by atoms with van der Waals surface area (Å²) in [6.45, 7) is 1.83. The van der Waals surface area contributed by atoms with Crippen LogP contribution in [0.3, 0.4) is 0 Å². The normalized spacial score (nSPS) is 10.7. The van der Waals surface area contributed by atoms with Crippen LogP contribution in [0.2, 0.25) is 0 Å². The first-order valence-corrected chi connectivity index (χ1v) is 6.52. The first-order valence-electron chi connectivity index (χ1n) is 6.52. The van der Waals surface area contributed by atoms with E-state index >= 15 is 0 Å². The molecule has 0 spiro atoms. The van der Waals surface area contributed by atoms with E-state index in [1.54, 1.807) is 16.3 Å². The van der Waals surface area contributed by atoms with Crippen LogP contribution in [0, 0.1) is 12.7 Å². The van der Waals surface area contributed by atoms with E-state index < -0.39 is 0 Å². The summed E-state index contributed by atoms with van der Waals surface area (Å²) in [6, 6.07) is 5.33. The lowest BCUT2D eigenvalue weighted by Gasteiger charge is -2.07. The van der Waals surface area contributed by atoms with E-state index in [0.717, 1.165) is 5.69 Å². The van der Waals surface area contributed by atoms with Crippen molar-refractivity contribution in [2.45, 2.75) is 6.92 Å². The Hall–Kier alpha value is -3.03. The molecule has 1 amide bonds. The molecule has 0 atom stereocenters. The van der Waals surface area contributed by atoms with Crippen LogP contribution in [0.5, 0.6) is 0 Å². The topological polar surface area (TPSA) is 77.6 Å². The van der Waals surface area contributed by atoms with Crippen molar-refractivity contribution in [1.29, 1.82) is 0 Å². The van der Waals surface area contributed by atoms with Gasteiger partial charge in [-0.25, -0.2) is 4.39 Å². The Bertz CT molecular complexity index is 807. The third-order valence-electron chi connectivity index (χ3n) is 3.32. The second kappa shape index (κ2) is 5.40. The predicted octanol–water partition coefficient (Wildman–Crippen LogP) is 1.70. The Labute approximate surface area is 125 Å². The summed E-state index contributed by atoms with van der Waals surface area (Å²) in [5.74, 6) is -0.217. The molecule has 0 aliphatic rings. The van der Waals surface area contributed by atoms with E-state index in [4.69, 9.17) is 0 Å². The van der Waals surface area contributed by atoms with E-state index in [2.05, 4.69) is 20.6 Å². The van der Waals surface area contributed by atoms with Crippen LogP contribution in [-0.2, 0) is 7.05 Å². The van der Waals surface area contributed by atoms with Crippen molar-refractivity contribution < 1.29 is 9.18 Å². The second-order valence-corrected chi connectivity index (χ2v) is 4.74. The zero-order valence-electron chi connectivity index (χ0n) is 12.0. The van der Waals surface area contributed by atoms with Gasteiger partial charge in [0, 0.05) is 12.6 Å². The molecule has 0 unspecified atom stereocenters. The second-order valence-electron chi connectivity index (χ2n) is 4.74. The van der Waals surface area contributed by atoms with Gasteiger partial charge < -0.3 is 5.32 Å². The van der Waals surface area contributed by atoms with Gasteiger partial charge in [0.15, 0.2) is 5.82 Å². The van der Waals surface area contributed by atoms with Crippen molar-refractivity contribution in [2.24, 2.45) is 7.05 Å². The summed E-state index contributed by atoms with van der Waals surface area (Å²) in [4.78, 5) is 12.3. The number of carbonyl (C=O) groups excluding carboxylic acids is 1. The Balaban J connectivity index is 1.95. The highest BCUT2D eigenvalue weighted by atomic mass is 19.1. The van der Waals surface area contributed by atoms with Crippen molar-refractivity contribution in [1.82, 2.24) is 24.5 Å². The lowest BCUT2D eigenvalue weighted by Crippen LogP contribution is -2.14. The van der Waals surface area contributed by atoms with Crippen LogP contribution in [-0.4, -0.2) is 30.5 Å². The Kier molecular flexibility index (Phi) is 3.42. The summed E-state index contributed by atoms with van der Waals surface area (Å²) >= 11 is 0. The van der Waals surface area contributed by atoms with Gasteiger partial charge in [0.2, 0.25) is 0 Å². The molecule has 2 aromatic heterocycles. The monoisotopic (exact) mass is 300 g/mol. The fourth-order valence-electron chi connectivity index (χ4n) is 2.01. The minimum Gasteiger partial charge on any atom is -0.317 e. The molecule has 0 bridgehead atoms. The molecule has 3 rings (SSSR count). The number of nitrogens with zero attached hydrogens (tertiary/aromatic N) is 5. The fraction of sp³-hybridized carbons (Fsp3) is 0.143. The number of nitrogens with one attached hydrogen (secondary N) is 1. The number of benzene rings is 1. The van der Waals surface area contributed by atoms with Crippen LogP contribution < -0.4 is 5.32 Å². The van der Waals surface area contributed by atoms with Crippen LogP contribution in [0.25, 0.3) is 5.82 Å². The molecule has 2 heterocycles. The summed E-state index contributed by atoms with van der Waals surface area (Å²) in [7, 11) is 1.77. The summed E-state index contributed by atoms with van der Waals surface area (Å²) in [5, 5.41) is 14.6. The molecule has 1 aromatic carbocycles. The third kappa shape index (κ3) is 2.46. The van der Waals surface area contributed by atoms with Crippen molar-refractivity contribution >= 4 is 11.6 Å². The molecule has 0 saturated heterocycles. The number of amides is 1. The van der Waals surface area contributed by atoms with Crippen molar-refractivity contribution in [3.05, 3.63) is 54.0 Å². The van der Waals surface area contributed by atoms with Gasteiger partial charge in [-0.1, -0.05) is 0 Å². The van der Waals surface area contributed by atoms with Gasteiger partial charge in [0.1, 0.15) is 24.2 Å². The standard InChI is InChI=1S/C14H13FN6O/c1-9-12(13(19-20(9)2)21-7-16-17-8-21)18-14(22)10-3-5-11(15)6-4-10/h3-8H,1-2H3,(H,18,22). The maximum absolute atomic E-state index is 12.9. The number of halogens is 1. The minimum atomic E-state index is -0.390. The Morgan fingerprint density at radius 2 is 1.82 bits per heavy atom. The number of anilines is 1.